The van der Waals surface area contributed by atoms with Crippen molar-refractivity contribution in [2.24, 2.45) is 0 Å². The van der Waals surface area contributed by atoms with Crippen molar-refractivity contribution >= 4 is 15.0 Å². The second kappa shape index (κ2) is 10.0. The van der Waals surface area contributed by atoms with Gasteiger partial charge in [-0.3, -0.25) is 0 Å². The SMILES string of the molecule is [Cl][Zr](=[C](c1ccccc1)c1ccccc1)([c]1cccc2c1Cc1ccccc1-2)[CH]1c2ccccc2-c2ccccc21. The summed E-state index contributed by atoms with van der Waals surface area (Å²) >= 11 is -4.25. The van der Waals surface area contributed by atoms with Crippen molar-refractivity contribution < 1.29 is 18.6 Å². The zero-order valence-electron chi connectivity index (χ0n) is 22.6. The first-order chi connectivity index (χ1) is 20.2. The number of halogens is 1. The van der Waals surface area contributed by atoms with Crippen LogP contribution in [0, 0.1) is 0 Å². The second-order valence-electron chi connectivity index (χ2n) is 11.1. The average molecular weight is 623 g/mol. The Balaban J connectivity index is 1.56. The van der Waals surface area contributed by atoms with E-state index in [1.807, 2.05) is 0 Å². The van der Waals surface area contributed by atoms with Crippen LogP contribution in [0.4, 0.5) is 0 Å². The van der Waals surface area contributed by atoms with Crippen LogP contribution < -0.4 is 3.27 Å². The third kappa shape index (κ3) is 3.87. The molecule has 0 amide bonds. The molecule has 0 heterocycles. The summed E-state index contributed by atoms with van der Waals surface area (Å²) in [5.41, 5.74) is 13.4. The normalized spacial score (nSPS) is 14.5. The topological polar surface area (TPSA) is 0 Å². The monoisotopic (exact) mass is 621 g/mol. The molecule has 0 bridgehead atoms. The van der Waals surface area contributed by atoms with E-state index in [4.69, 9.17) is 8.51 Å². The molecule has 6 aromatic rings. The van der Waals surface area contributed by atoms with Crippen molar-refractivity contribution in [3.05, 3.63) is 185 Å². The zero-order valence-corrected chi connectivity index (χ0v) is 25.8. The third-order valence-corrected chi connectivity index (χ3v) is 22.3. The number of fused-ring (bicyclic) bond motifs is 6. The van der Waals surface area contributed by atoms with Crippen molar-refractivity contribution in [1.82, 2.24) is 0 Å². The van der Waals surface area contributed by atoms with Crippen molar-refractivity contribution in [1.29, 1.82) is 0 Å². The van der Waals surface area contributed by atoms with Gasteiger partial charge in [0.2, 0.25) is 0 Å². The molecular weight excluding hydrogens is 595 g/mol. The molecule has 8 rings (SSSR count). The van der Waals surface area contributed by atoms with Gasteiger partial charge in [-0.1, -0.05) is 0 Å². The number of hydrogen-bond acceptors (Lipinski definition) is 0. The second-order valence-corrected chi connectivity index (χ2v) is 22.1. The first kappa shape index (κ1) is 25.1. The molecule has 0 saturated carbocycles. The fourth-order valence-electron chi connectivity index (χ4n) is 7.31. The van der Waals surface area contributed by atoms with E-state index in [9.17, 15) is 0 Å². The molecule has 0 saturated heterocycles. The quantitative estimate of drug-likeness (QED) is 0.184. The molecule has 1 atom stereocenters. The Kier molecular flexibility index (Phi) is 6.14. The molecule has 41 heavy (non-hydrogen) atoms. The summed E-state index contributed by atoms with van der Waals surface area (Å²) in [5.74, 6) is 0. The molecule has 0 radical (unpaired) electrons. The van der Waals surface area contributed by atoms with Crippen LogP contribution in [-0.2, 0) is 25.0 Å². The Bertz CT molecular complexity index is 1900. The van der Waals surface area contributed by atoms with Gasteiger partial charge in [-0.2, -0.15) is 0 Å². The molecule has 2 heteroatoms. The molecule has 0 N–H and O–H groups in total. The molecule has 0 aromatic heterocycles. The van der Waals surface area contributed by atoms with Crippen LogP contribution >= 0.6 is 8.51 Å². The van der Waals surface area contributed by atoms with E-state index in [1.54, 1.807) is 0 Å². The predicted octanol–water partition coefficient (Wildman–Crippen LogP) is 9.23. The molecule has 195 valence electrons. The van der Waals surface area contributed by atoms with E-state index in [2.05, 4.69) is 152 Å². The van der Waals surface area contributed by atoms with E-state index >= 15 is 0 Å². The van der Waals surface area contributed by atoms with Gasteiger partial charge in [0.1, 0.15) is 0 Å². The summed E-state index contributed by atoms with van der Waals surface area (Å²) in [5, 5.41) is 0. The van der Waals surface area contributed by atoms with E-state index in [-0.39, 0.29) is 3.63 Å². The Morgan fingerprint density at radius 3 is 1.59 bits per heavy atom. The van der Waals surface area contributed by atoms with Gasteiger partial charge in [0, 0.05) is 0 Å². The van der Waals surface area contributed by atoms with Crippen molar-refractivity contribution in [3.8, 4) is 22.3 Å². The number of hydrogen-bond donors (Lipinski definition) is 0. The molecule has 0 spiro atoms. The summed E-state index contributed by atoms with van der Waals surface area (Å²) < 4.78 is 2.88. The Morgan fingerprint density at radius 2 is 0.976 bits per heavy atom. The van der Waals surface area contributed by atoms with Gasteiger partial charge >= 0.3 is 251 Å². The van der Waals surface area contributed by atoms with Crippen LogP contribution in [0.15, 0.2) is 152 Å². The first-order valence-corrected chi connectivity index (χ1v) is 21.4. The molecule has 2 aliphatic rings. The molecular formula is C39H28ClZr. The van der Waals surface area contributed by atoms with Gasteiger partial charge in [0.05, 0.1) is 0 Å². The van der Waals surface area contributed by atoms with Gasteiger partial charge in [-0.05, 0) is 0 Å². The zero-order chi connectivity index (χ0) is 27.4. The maximum absolute atomic E-state index is 8.76. The fraction of sp³-hybridized carbons (Fsp3) is 0.0513. The summed E-state index contributed by atoms with van der Waals surface area (Å²) in [4.78, 5) is 0. The van der Waals surface area contributed by atoms with E-state index in [1.165, 1.54) is 62.1 Å². The van der Waals surface area contributed by atoms with Crippen molar-refractivity contribution in [3.63, 3.8) is 0 Å². The summed E-state index contributed by atoms with van der Waals surface area (Å²) in [6, 6.07) is 55.7. The van der Waals surface area contributed by atoms with Crippen LogP contribution in [0.5, 0.6) is 0 Å². The average Bonchev–Trinajstić information content (AvgIpc) is 3.58. The van der Waals surface area contributed by atoms with Gasteiger partial charge in [-0.15, -0.1) is 0 Å². The Hall–Kier alpha value is -3.64. The fourth-order valence-corrected chi connectivity index (χ4v) is 21.9. The Morgan fingerprint density at radius 1 is 0.488 bits per heavy atom. The Labute approximate surface area is 249 Å². The van der Waals surface area contributed by atoms with Gasteiger partial charge in [0.25, 0.3) is 0 Å². The summed E-state index contributed by atoms with van der Waals surface area (Å²) in [6.07, 6.45) is 0.930. The van der Waals surface area contributed by atoms with Crippen molar-refractivity contribution in [2.45, 2.75) is 10.0 Å². The number of benzene rings is 6. The standard InChI is InChI=1S/2C13H9.C13H10.ClH.Zr/c2*1-3-7-12-10(5-1)9-11-6-2-4-8-13(11)12;1-3-7-12(8-4-1)11-13-9-5-2-6-10-13;;/h1-5,7-8H,9H2;1-9H;1-10H;1H;/q;;;;+1/p-1. The van der Waals surface area contributed by atoms with Crippen molar-refractivity contribution in [2.75, 3.05) is 0 Å². The van der Waals surface area contributed by atoms with Gasteiger partial charge in [0.15, 0.2) is 0 Å². The molecule has 0 aliphatic heterocycles. The first-order valence-electron chi connectivity index (χ1n) is 14.3. The van der Waals surface area contributed by atoms with E-state index < -0.39 is 18.6 Å². The van der Waals surface area contributed by atoms with Crippen LogP contribution in [0.25, 0.3) is 22.3 Å². The number of rotatable bonds is 4. The molecule has 0 nitrogen and oxygen atoms in total. The maximum atomic E-state index is 8.76. The van der Waals surface area contributed by atoms with Crippen LogP contribution in [0.3, 0.4) is 0 Å². The van der Waals surface area contributed by atoms with Crippen LogP contribution in [0.1, 0.15) is 37.0 Å². The molecule has 6 aromatic carbocycles. The molecule has 0 fully saturated rings. The molecule has 2 aliphatic carbocycles. The summed E-state index contributed by atoms with van der Waals surface area (Å²) in [6.45, 7) is 0. The van der Waals surface area contributed by atoms with E-state index in [0.717, 1.165) is 6.42 Å². The summed E-state index contributed by atoms with van der Waals surface area (Å²) in [7, 11) is 8.76. The van der Waals surface area contributed by atoms with E-state index in [0.29, 0.717) is 0 Å². The van der Waals surface area contributed by atoms with Gasteiger partial charge in [-0.25, -0.2) is 0 Å². The molecule has 1 unspecified atom stereocenters. The van der Waals surface area contributed by atoms with Gasteiger partial charge < -0.3 is 0 Å². The van der Waals surface area contributed by atoms with Crippen LogP contribution in [-0.4, -0.2) is 3.21 Å². The van der Waals surface area contributed by atoms with Crippen LogP contribution in [0.2, 0.25) is 0 Å². The minimum absolute atomic E-state index is 0.129. The minimum atomic E-state index is -4.25. The third-order valence-electron chi connectivity index (χ3n) is 8.96. The predicted molar refractivity (Wildman–Crippen MR) is 170 cm³/mol.